The van der Waals surface area contributed by atoms with Crippen LogP contribution in [0, 0.1) is 5.92 Å². The molecule has 2 nitrogen and oxygen atoms in total. The van der Waals surface area contributed by atoms with Crippen molar-refractivity contribution in [3.63, 3.8) is 0 Å². The molecule has 0 radical (unpaired) electrons. The minimum atomic E-state index is -0.698. The van der Waals surface area contributed by atoms with Gasteiger partial charge in [0.1, 0.15) is 0 Å². The van der Waals surface area contributed by atoms with E-state index in [0.717, 1.165) is 12.8 Å². The van der Waals surface area contributed by atoms with Gasteiger partial charge in [-0.25, -0.2) is 0 Å². The first kappa shape index (κ1) is 24.4. The minimum absolute atomic E-state index is 0.0526. The van der Waals surface area contributed by atoms with Crippen LogP contribution >= 0.6 is 0 Å². The number of aliphatic hydroxyl groups is 1. The van der Waals surface area contributed by atoms with E-state index in [2.05, 4.69) is 33.4 Å². The lowest BCUT2D eigenvalue weighted by atomic mass is 9.82. The molecule has 0 aromatic carbocycles. The van der Waals surface area contributed by atoms with Gasteiger partial charge in [-0.3, -0.25) is 0 Å². The number of allylic oxidation sites excluding steroid dienone is 2. The Bertz CT molecular complexity index is 357. The van der Waals surface area contributed by atoms with Crippen LogP contribution < -0.4 is 0 Å². The highest BCUT2D eigenvalue weighted by Crippen LogP contribution is 2.30. The summed E-state index contributed by atoms with van der Waals surface area (Å²) in [6, 6.07) is 0. The number of rotatable bonds is 16. The Morgan fingerprint density at radius 1 is 1.12 bits per heavy atom. The molecule has 0 amide bonds. The molecule has 2 heteroatoms. The first-order valence-corrected chi connectivity index (χ1v) is 10.4. The van der Waals surface area contributed by atoms with Gasteiger partial charge < -0.3 is 9.84 Å². The van der Waals surface area contributed by atoms with Crippen LogP contribution in [0.3, 0.4) is 0 Å². The molecule has 0 rings (SSSR count). The number of hydrogen-bond acceptors (Lipinski definition) is 2. The van der Waals surface area contributed by atoms with Gasteiger partial charge in [-0.05, 0) is 51.4 Å². The third-order valence-electron chi connectivity index (χ3n) is 5.09. The molecule has 3 unspecified atom stereocenters. The van der Waals surface area contributed by atoms with Crippen LogP contribution in [0.5, 0.6) is 0 Å². The van der Waals surface area contributed by atoms with Gasteiger partial charge in [0, 0.05) is 13.5 Å². The highest BCUT2D eigenvalue weighted by atomic mass is 16.5. The molecule has 0 aliphatic carbocycles. The van der Waals surface area contributed by atoms with Gasteiger partial charge in [-0.1, -0.05) is 64.2 Å². The summed E-state index contributed by atoms with van der Waals surface area (Å²) in [4.78, 5) is 0. The minimum Gasteiger partial charge on any atom is -0.390 e. The van der Waals surface area contributed by atoms with Crippen molar-refractivity contribution in [1.82, 2.24) is 0 Å². The van der Waals surface area contributed by atoms with Gasteiger partial charge >= 0.3 is 0 Å². The van der Waals surface area contributed by atoms with Gasteiger partial charge in [0.25, 0.3) is 0 Å². The second kappa shape index (κ2) is 14.6. The summed E-state index contributed by atoms with van der Waals surface area (Å²) in [5.74, 6) is 0.426. The van der Waals surface area contributed by atoms with Crippen LogP contribution in [0.25, 0.3) is 0 Å². The van der Waals surface area contributed by atoms with Crippen molar-refractivity contribution in [2.45, 2.75) is 110 Å². The molecule has 0 heterocycles. The summed E-state index contributed by atoms with van der Waals surface area (Å²) < 4.78 is 5.49. The lowest BCUT2D eigenvalue weighted by Crippen LogP contribution is -2.33. The molecule has 3 atom stereocenters. The Morgan fingerprint density at radius 2 is 1.76 bits per heavy atom. The number of hydrogen-bond donors (Lipinski definition) is 1. The smallest absolute Gasteiger partial charge is 0.0650 e. The molecule has 148 valence electrons. The van der Waals surface area contributed by atoms with Crippen molar-refractivity contribution in [1.29, 1.82) is 0 Å². The lowest BCUT2D eigenvalue weighted by molar-refractivity contribution is -0.0230. The van der Waals surface area contributed by atoms with E-state index in [1.54, 1.807) is 12.7 Å². The van der Waals surface area contributed by atoms with E-state index in [-0.39, 0.29) is 6.10 Å². The zero-order chi connectivity index (χ0) is 19.1. The molecule has 0 fully saturated rings. The summed E-state index contributed by atoms with van der Waals surface area (Å²) >= 11 is 0. The SMILES string of the molecule is C=CCC(CC(C)(O)CC(C)/C(=C/CCCCC)CCCCC)OC. The maximum Gasteiger partial charge on any atom is 0.0650 e. The van der Waals surface area contributed by atoms with Crippen molar-refractivity contribution in [3.05, 3.63) is 24.3 Å². The van der Waals surface area contributed by atoms with E-state index in [1.807, 2.05) is 13.0 Å². The van der Waals surface area contributed by atoms with Gasteiger partial charge in [0.15, 0.2) is 0 Å². The Morgan fingerprint density at radius 3 is 2.32 bits per heavy atom. The van der Waals surface area contributed by atoms with Crippen molar-refractivity contribution in [2.75, 3.05) is 7.11 Å². The second-order valence-electron chi connectivity index (χ2n) is 7.92. The van der Waals surface area contributed by atoms with Crippen LogP contribution in [0.1, 0.15) is 98.3 Å². The first-order valence-electron chi connectivity index (χ1n) is 10.4. The molecule has 0 aromatic heterocycles. The summed E-state index contributed by atoms with van der Waals surface area (Å²) in [7, 11) is 1.72. The largest absolute Gasteiger partial charge is 0.390 e. The molecule has 25 heavy (non-hydrogen) atoms. The monoisotopic (exact) mass is 352 g/mol. The number of ether oxygens (including phenoxy) is 1. The fraction of sp³-hybridized carbons (Fsp3) is 0.826. The normalized spacial score (nSPS) is 17.1. The molecule has 0 aliphatic rings. The third-order valence-corrected chi connectivity index (χ3v) is 5.09. The van der Waals surface area contributed by atoms with Crippen LogP contribution in [0.2, 0.25) is 0 Å². The summed E-state index contributed by atoms with van der Waals surface area (Å²) in [5.41, 5.74) is 0.846. The Balaban J connectivity index is 4.77. The number of unbranched alkanes of at least 4 members (excludes halogenated alkanes) is 5. The van der Waals surface area contributed by atoms with Gasteiger partial charge in [-0.2, -0.15) is 0 Å². The molecular formula is C23H44O2. The average molecular weight is 353 g/mol. The van der Waals surface area contributed by atoms with Gasteiger partial charge in [-0.15, -0.1) is 6.58 Å². The molecule has 0 bridgehead atoms. The molecule has 0 saturated heterocycles. The van der Waals surface area contributed by atoms with E-state index in [9.17, 15) is 5.11 Å². The van der Waals surface area contributed by atoms with Crippen molar-refractivity contribution in [3.8, 4) is 0 Å². The van der Waals surface area contributed by atoms with Gasteiger partial charge in [0.05, 0.1) is 11.7 Å². The molecule has 0 aromatic rings. The van der Waals surface area contributed by atoms with E-state index >= 15 is 0 Å². The Hall–Kier alpha value is -0.600. The molecule has 0 aliphatic heterocycles. The van der Waals surface area contributed by atoms with Crippen LogP contribution in [-0.4, -0.2) is 23.9 Å². The Kier molecular flexibility index (Phi) is 14.2. The topological polar surface area (TPSA) is 29.5 Å². The van der Waals surface area contributed by atoms with Crippen LogP contribution in [0.15, 0.2) is 24.3 Å². The summed E-state index contributed by atoms with van der Waals surface area (Å²) in [5, 5.41) is 10.9. The second-order valence-corrected chi connectivity index (χ2v) is 7.92. The van der Waals surface area contributed by atoms with E-state index < -0.39 is 5.60 Å². The third kappa shape index (κ3) is 12.4. The highest BCUT2D eigenvalue weighted by molar-refractivity contribution is 5.07. The van der Waals surface area contributed by atoms with Crippen LogP contribution in [0.4, 0.5) is 0 Å². The fourth-order valence-electron chi connectivity index (χ4n) is 3.62. The molecular weight excluding hydrogens is 308 g/mol. The van der Waals surface area contributed by atoms with E-state index in [4.69, 9.17) is 4.74 Å². The predicted octanol–water partition coefficient (Wildman–Crippen LogP) is 6.83. The maximum atomic E-state index is 10.9. The lowest BCUT2D eigenvalue weighted by Gasteiger charge is -2.31. The maximum absolute atomic E-state index is 10.9. The Labute approximate surface area is 157 Å². The van der Waals surface area contributed by atoms with Crippen molar-refractivity contribution in [2.24, 2.45) is 5.92 Å². The molecule has 0 saturated carbocycles. The summed E-state index contributed by atoms with van der Waals surface area (Å²) in [6.07, 6.45) is 16.7. The quantitative estimate of drug-likeness (QED) is 0.243. The standard InChI is InChI=1S/C23H44O2/c1-7-10-12-14-17-21(16-13-11-8-2)20(4)18-23(5,24)19-22(25-6)15-9-3/h9,17,20,22,24H,3,7-8,10-16,18-19H2,1-2,4-6H3/b21-17+. The summed E-state index contributed by atoms with van der Waals surface area (Å²) in [6.45, 7) is 12.5. The zero-order valence-corrected chi connectivity index (χ0v) is 17.7. The number of methoxy groups -OCH3 is 1. The molecule has 1 N–H and O–H groups in total. The first-order chi connectivity index (χ1) is 11.9. The van der Waals surface area contributed by atoms with Crippen molar-refractivity contribution < 1.29 is 9.84 Å². The van der Waals surface area contributed by atoms with Gasteiger partial charge in [0.2, 0.25) is 0 Å². The molecule has 0 spiro atoms. The fourth-order valence-corrected chi connectivity index (χ4v) is 3.62. The van der Waals surface area contributed by atoms with Crippen molar-refractivity contribution >= 4 is 0 Å². The predicted molar refractivity (Wildman–Crippen MR) is 111 cm³/mol. The zero-order valence-electron chi connectivity index (χ0n) is 17.7. The average Bonchev–Trinajstić information content (AvgIpc) is 2.56. The van der Waals surface area contributed by atoms with Crippen LogP contribution in [-0.2, 0) is 4.74 Å². The van der Waals surface area contributed by atoms with E-state index in [0.29, 0.717) is 12.3 Å². The highest BCUT2D eigenvalue weighted by Gasteiger charge is 2.28. The van der Waals surface area contributed by atoms with E-state index in [1.165, 1.54) is 51.4 Å².